The van der Waals surface area contributed by atoms with Gasteiger partial charge >= 0.3 is 5.97 Å². The lowest BCUT2D eigenvalue weighted by Gasteiger charge is -2.17. The monoisotopic (exact) mass is 257 g/mol. The van der Waals surface area contributed by atoms with Crippen LogP contribution in [0.4, 0.5) is 5.13 Å². The summed E-state index contributed by atoms with van der Waals surface area (Å²) in [4.78, 5) is 27.6. The number of carbonyl (C=O) groups excluding carboxylic acids is 1. The van der Waals surface area contributed by atoms with Gasteiger partial charge in [0, 0.05) is 19.5 Å². The van der Waals surface area contributed by atoms with Gasteiger partial charge in [0.2, 0.25) is 5.91 Å². The average Bonchev–Trinajstić information content (AvgIpc) is 2.63. The van der Waals surface area contributed by atoms with Crippen LogP contribution in [0.2, 0.25) is 0 Å². The van der Waals surface area contributed by atoms with Crippen molar-refractivity contribution in [2.24, 2.45) is 0 Å². The Morgan fingerprint density at radius 3 is 2.76 bits per heavy atom. The van der Waals surface area contributed by atoms with Crippen LogP contribution in [-0.2, 0) is 16.0 Å². The molecule has 0 radical (unpaired) electrons. The SMILES string of the molecule is CC(Nc1nc(CC(=O)O)cs1)C(=O)N(C)C. The van der Waals surface area contributed by atoms with E-state index in [4.69, 9.17) is 5.11 Å². The Morgan fingerprint density at radius 1 is 1.59 bits per heavy atom. The van der Waals surface area contributed by atoms with Gasteiger partial charge in [-0.2, -0.15) is 0 Å². The number of anilines is 1. The van der Waals surface area contributed by atoms with Gasteiger partial charge < -0.3 is 15.3 Å². The number of rotatable bonds is 5. The van der Waals surface area contributed by atoms with E-state index in [1.54, 1.807) is 26.4 Å². The van der Waals surface area contributed by atoms with Gasteiger partial charge in [0.05, 0.1) is 12.1 Å². The molecule has 0 aliphatic carbocycles. The smallest absolute Gasteiger partial charge is 0.309 e. The molecule has 6 nitrogen and oxygen atoms in total. The molecule has 1 amide bonds. The normalized spacial score (nSPS) is 11.9. The number of aliphatic carboxylic acids is 1. The van der Waals surface area contributed by atoms with Gasteiger partial charge in [-0.25, -0.2) is 4.98 Å². The second kappa shape index (κ2) is 5.62. The number of nitrogens with one attached hydrogen (secondary N) is 1. The Balaban J connectivity index is 2.60. The van der Waals surface area contributed by atoms with Crippen LogP contribution >= 0.6 is 11.3 Å². The van der Waals surface area contributed by atoms with Crippen molar-refractivity contribution in [3.8, 4) is 0 Å². The van der Waals surface area contributed by atoms with Gasteiger partial charge in [-0.1, -0.05) is 0 Å². The molecule has 1 aromatic heterocycles. The van der Waals surface area contributed by atoms with Crippen LogP contribution < -0.4 is 5.32 Å². The van der Waals surface area contributed by atoms with Gasteiger partial charge in [0.15, 0.2) is 5.13 Å². The maximum atomic E-state index is 11.6. The van der Waals surface area contributed by atoms with E-state index in [-0.39, 0.29) is 18.4 Å². The third-order valence-corrected chi connectivity index (χ3v) is 2.86. The van der Waals surface area contributed by atoms with Crippen molar-refractivity contribution < 1.29 is 14.7 Å². The Labute approximate surface area is 103 Å². The number of carboxylic acid groups (broad SMARTS) is 1. The van der Waals surface area contributed by atoms with E-state index in [0.29, 0.717) is 10.8 Å². The maximum absolute atomic E-state index is 11.6. The highest BCUT2D eigenvalue weighted by Crippen LogP contribution is 2.17. The van der Waals surface area contributed by atoms with Crippen molar-refractivity contribution in [3.05, 3.63) is 11.1 Å². The molecule has 1 heterocycles. The van der Waals surface area contributed by atoms with Crippen molar-refractivity contribution in [3.63, 3.8) is 0 Å². The van der Waals surface area contributed by atoms with Crippen LogP contribution in [0.15, 0.2) is 5.38 Å². The predicted octanol–water partition coefficient (Wildman–Crippen LogP) is 0.659. The summed E-state index contributed by atoms with van der Waals surface area (Å²) in [6.45, 7) is 1.74. The topological polar surface area (TPSA) is 82.5 Å². The van der Waals surface area contributed by atoms with E-state index in [0.717, 1.165) is 0 Å². The lowest BCUT2D eigenvalue weighted by atomic mass is 10.3. The molecule has 7 heteroatoms. The largest absolute Gasteiger partial charge is 0.481 e. The third kappa shape index (κ3) is 4.03. The van der Waals surface area contributed by atoms with Crippen LogP contribution in [0, 0.1) is 0 Å². The van der Waals surface area contributed by atoms with Crippen molar-refractivity contribution in [1.29, 1.82) is 0 Å². The van der Waals surface area contributed by atoms with Crippen LogP contribution in [0.3, 0.4) is 0 Å². The highest BCUT2D eigenvalue weighted by molar-refractivity contribution is 7.13. The molecule has 0 aromatic carbocycles. The van der Waals surface area contributed by atoms with Gasteiger partial charge in [-0.05, 0) is 6.92 Å². The molecule has 1 unspecified atom stereocenters. The van der Waals surface area contributed by atoms with Crippen LogP contribution in [-0.4, -0.2) is 47.0 Å². The summed E-state index contributed by atoms with van der Waals surface area (Å²) in [5.74, 6) is -0.973. The minimum absolute atomic E-state index is 0.0556. The van der Waals surface area contributed by atoms with E-state index in [1.165, 1.54) is 16.2 Å². The van der Waals surface area contributed by atoms with Crippen molar-refractivity contribution in [2.45, 2.75) is 19.4 Å². The van der Waals surface area contributed by atoms with Crippen LogP contribution in [0.5, 0.6) is 0 Å². The fraction of sp³-hybridized carbons (Fsp3) is 0.500. The average molecular weight is 257 g/mol. The Bertz CT molecular complexity index is 417. The van der Waals surface area contributed by atoms with Gasteiger partial charge in [0.25, 0.3) is 0 Å². The Hall–Kier alpha value is -1.63. The number of hydrogen-bond acceptors (Lipinski definition) is 5. The van der Waals surface area contributed by atoms with E-state index in [9.17, 15) is 9.59 Å². The predicted molar refractivity (Wildman–Crippen MR) is 65.2 cm³/mol. The summed E-state index contributed by atoms with van der Waals surface area (Å²) in [5.41, 5.74) is 0.495. The Morgan fingerprint density at radius 2 is 2.24 bits per heavy atom. The van der Waals surface area contributed by atoms with Crippen LogP contribution in [0.25, 0.3) is 0 Å². The molecule has 1 aromatic rings. The lowest BCUT2D eigenvalue weighted by molar-refractivity contribution is -0.136. The first kappa shape index (κ1) is 13.4. The van der Waals surface area contributed by atoms with Gasteiger partial charge in [-0.3, -0.25) is 9.59 Å². The second-order valence-electron chi connectivity index (χ2n) is 3.81. The number of amides is 1. The molecule has 0 fully saturated rings. The first-order chi connectivity index (χ1) is 7.90. The van der Waals surface area contributed by atoms with Gasteiger partial charge in [-0.15, -0.1) is 11.3 Å². The number of nitrogens with zero attached hydrogens (tertiary/aromatic N) is 2. The first-order valence-corrected chi connectivity index (χ1v) is 5.92. The lowest BCUT2D eigenvalue weighted by Crippen LogP contribution is -2.36. The minimum Gasteiger partial charge on any atom is -0.481 e. The summed E-state index contributed by atoms with van der Waals surface area (Å²) >= 11 is 1.29. The van der Waals surface area contributed by atoms with Gasteiger partial charge in [0.1, 0.15) is 6.04 Å². The first-order valence-electron chi connectivity index (χ1n) is 5.04. The molecule has 2 N–H and O–H groups in total. The highest BCUT2D eigenvalue weighted by Gasteiger charge is 2.16. The van der Waals surface area contributed by atoms with Crippen LogP contribution in [0.1, 0.15) is 12.6 Å². The summed E-state index contributed by atoms with van der Waals surface area (Å²) < 4.78 is 0. The molecule has 1 rings (SSSR count). The molecule has 0 saturated heterocycles. The summed E-state index contributed by atoms with van der Waals surface area (Å²) in [5, 5.41) is 13.8. The minimum atomic E-state index is -0.917. The summed E-state index contributed by atoms with van der Waals surface area (Å²) in [6.07, 6.45) is -0.103. The zero-order valence-electron chi connectivity index (χ0n) is 9.93. The fourth-order valence-corrected chi connectivity index (χ4v) is 2.04. The second-order valence-corrected chi connectivity index (χ2v) is 4.67. The molecule has 0 saturated carbocycles. The summed E-state index contributed by atoms with van der Waals surface area (Å²) in [7, 11) is 3.36. The number of aromatic nitrogens is 1. The van der Waals surface area contributed by atoms with E-state index in [1.807, 2.05) is 0 Å². The number of hydrogen-bond donors (Lipinski definition) is 2. The molecule has 94 valence electrons. The quantitative estimate of drug-likeness (QED) is 0.809. The number of likely N-dealkylation sites (N-methyl/N-ethyl adjacent to an activating group) is 1. The molecule has 17 heavy (non-hydrogen) atoms. The number of carboxylic acids is 1. The molecular weight excluding hydrogens is 242 g/mol. The zero-order valence-corrected chi connectivity index (χ0v) is 10.7. The van der Waals surface area contributed by atoms with Crippen molar-refractivity contribution >= 4 is 28.3 Å². The summed E-state index contributed by atoms with van der Waals surface area (Å²) in [6, 6.07) is -0.381. The number of carbonyl (C=O) groups is 2. The van der Waals surface area contributed by atoms with Crippen molar-refractivity contribution in [1.82, 2.24) is 9.88 Å². The zero-order chi connectivity index (χ0) is 13.0. The van der Waals surface area contributed by atoms with E-state index < -0.39 is 5.97 Å². The third-order valence-electron chi connectivity index (χ3n) is 2.04. The van der Waals surface area contributed by atoms with E-state index in [2.05, 4.69) is 10.3 Å². The molecule has 0 spiro atoms. The van der Waals surface area contributed by atoms with E-state index >= 15 is 0 Å². The molecular formula is C10H15N3O3S. The molecule has 0 aliphatic rings. The fourth-order valence-electron chi connectivity index (χ4n) is 1.24. The molecule has 1 atom stereocenters. The molecule has 0 aliphatic heterocycles. The Kier molecular flexibility index (Phi) is 4.45. The maximum Gasteiger partial charge on any atom is 0.309 e. The highest BCUT2D eigenvalue weighted by atomic mass is 32.1. The van der Waals surface area contributed by atoms with Crippen molar-refractivity contribution in [2.75, 3.05) is 19.4 Å². The molecule has 0 bridgehead atoms. The number of thiazole rings is 1. The standard InChI is InChI=1S/C10H15N3O3S/c1-6(9(16)13(2)3)11-10-12-7(5-17-10)4-8(14)15/h5-6H,4H2,1-3H3,(H,11,12)(H,14,15).